The molecular weight excluding hydrogens is 296 g/mol. The first-order valence-corrected chi connectivity index (χ1v) is 8.32. The fourth-order valence-corrected chi connectivity index (χ4v) is 3.73. The Labute approximate surface area is 132 Å². The Balaban J connectivity index is 2.52. The molecule has 0 unspecified atom stereocenters. The van der Waals surface area contributed by atoms with Gasteiger partial charge in [0.25, 0.3) is 5.56 Å². The van der Waals surface area contributed by atoms with Crippen molar-refractivity contribution >= 4 is 31.6 Å². The van der Waals surface area contributed by atoms with E-state index in [2.05, 4.69) is 4.98 Å². The summed E-state index contributed by atoms with van der Waals surface area (Å²) >= 11 is 1.41. The highest BCUT2D eigenvalue weighted by Crippen LogP contribution is 2.23. The molecule has 0 atom stereocenters. The number of rotatable bonds is 3. The van der Waals surface area contributed by atoms with Gasteiger partial charge in [-0.05, 0) is 18.6 Å². The number of aromatic nitrogens is 2. The van der Waals surface area contributed by atoms with Gasteiger partial charge in [-0.25, -0.2) is 4.98 Å². The number of benzene rings is 1. The van der Waals surface area contributed by atoms with E-state index in [9.17, 15) is 9.59 Å². The van der Waals surface area contributed by atoms with Gasteiger partial charge in [0.1, 0.15) is 16.0 Å². The molecule has 0 bridgehead atoms. The highest BCUT2D eigenvalue weighted by atomic mass is 32.1. The van der Waals surface area contributed by atoms with Crippen LogP contribution < -0.4 is 11.0 Å². The first-order valence-electron chi connectivity index (χ1n) is 7.50. The maximum atomic E-state index is 12.8. The van der Waals surface area contributed by atoms with Crippen LogP contribution in [0, 0.1) is 0 Å². The van der Waals surface area contributed by atoms with Crippen molar-refractivity contribution in [3.05, 3.63) is 50.7 Å². The molecule has 2 aromatic heterocycles. The summed E-state index contributed by atoms with van der Waals surface area (Å²) in [5, 5.41) is 0.820. The molecule has 0 aliphatic heterocycles. The molecule has 0 aliphatic rings. The molecule has 0 N–H and O–H groups in total. The Kier molecular flexibility index (Phi) is 3.83. The van der Waals surface area contributed by atoms with Gasteiger partial charge in [-0.15, -0.1) is 11.3 Å². The van der Waals surface area contributed by atoms with Crippen LogP contribution in [0.3, 0.4) is 0 Å². The minimum Gasteiger partial charge on any atom is -0.296 e. The summed E-state index contributed by atoms with van der Waals surface area (Å²) in [7, 11) is 0. The highest BCUT2D eigenvalue weighted by Gasteiger charge is 2.17. The summed E-state index contributed by atoms with van der Waals surface area (Å²) < 4.78 is 2.53. The minimum atomic E-state index is -0.206. The van der Waals surface area contributed by atoms with Crippen molar-refractivity contribution in [2.75, 3.05) is 0 Å². The van der Waals surface area contributed by atoms with Crippen LogP contribution in [0.25, 0.3) is 20.3 Å². The number of fused-ring (bicyclic) bond motifs is 2. The Bertz CT molecular complexity index is 970. The molecule has 4 nitrogen and oxygen atoms in total. The maximum Gasteiger partial charge on any atom is 0.266 e. The average molecular weight is 314 g/mol. The third-order valence-electron chi connectivity index (χ3n) is 3.69. The molecule has 0 aliphatic carbocycles. The highest BCUT2D eigenvalue weighted by molar-refractivity contribution is 7.24. The van der Waals surface area contributed by atoms with Crippen LogP contribution in [-0.2, 0) is 6.54 Å². The zero-order valence-corrected chi connectivity index (χ0v) is 13.7. The third-order valence-corrected chi connectivity index (χ3v) is 4.76. The molecule has 1 aromatic carbocycles. The van der Waals surface area contributed by atoms with Gasteiger partial charge in [0.2, 0.25) is 5.43 Å². The van der Waals surface area contributed by atoms with Gasteiger partial charge in [-0.2, -0.15) is 0 Å². The fraction of sp³-hybridized carbons (Fsp3) is 0.353. The average Bonchev–Trinajstić information content (AvgIpc) is 2.49. The number of hydrogen-bond donors (Lipinski definition) is 0. The maximum absolute atomic E-state index is 12.8. The van der Waals surface area contributed by atoms with Gasteiger partial charge in [0.15, 0.2) is 0 Å². The fourth-order valence-electron chi connectivity index (χ4n) is 2.68. The lowest BCUT2D eigenvalue weighted by molar-refractivity contribution is 0.580. The summed E-state index contributed by atoms with van der Waals surface area (Å²) in [6.07, 6.45) is 0.831. The van der Waals surface area contributed by atoms with Crippen molar-refractivity contribution in [3.63, 3.8) is 0 Å². The lowest BCUT2D eigenvalue weighted by Gasteiger charge is -2.14. The molecule has 3 rings (SSSR count). The molecule has 0 radical (unpaired) electrons. The van der Waals surface area contributed by atoms with E-state index in [1.165, 1.54) is 11.3 Å². The summed E-state index contributed by atoms with van der Waals surface area (Å²) in [6, 6.07) is 7.39. The van der Waals surface area contributed by atoms with Crippen LogP contribution in [0.5, 0.6) is 0 Å². The summed E-state index contributed by atoms with van der Waals surface area (Å²) in [4.78, 5) is 30.7. The van der Waals surface area contributed by atoms with Gasteiger partial charge >= 0.3 is 0 Å². The van der Waals surface area contributed by atoms with Crippen LogP contribution in [0.1, 0.15) is 38.9 Å². The van der Waals surface area contributed by atoms with E-state index in [0.29, 0.717) is 16.8 Å². The summed E-state index contributed by atoms with van der Waals surface area (Å²) in [5.41, 5.74) is -0.412. The summed E-state index contributed by atoms with van der Waals surface area (Å²) in [5.74, 6) is 0.891. The van der Waals surface area contributed by atoms with Crippen LogP contribution in [0.2, 0.25) is 0 Å². The van der Waals surface area contributed by atoms with Gasteiger partial charge in [-0.1, -0.05) is 32.9 Å². The van der Waals surface area contributed by atoms with Crippen LogP contribution in [-0.4, -0.2) is 9.55 Å². The van der Waals surface area contributed by atoms with E-state index in [-0.39, 0.29) is 22.3 Å². The van der Waals surface area contributed by atoms with Gasteiger partial charge in [0, 0.05) is 22.5 Å². The first-order chi connectivity index (χ1) is 10.5. The normalized spacial score (nSPS) is 11.6. The van der Waals surface area contributed by atoms with Crippen molar-refractivity contribution in [3.8, 4) is 0 Å². The smallest absolute Gasteiger partial charge is 0.266 e. The zero-order valence-electron chi connectivity index (χ0n) is 12.9. The lowest BCUT2D eigenvalue weighted by Crippen LogP contribution is -2.29. The van der Waals surface area contributed by atoms with Gasteiger partial charge in [0.05, 0.1) is 0 Å². The predicted molar refractivity (Wildman–Crippen MR) is 92.0 cm³/mol. The number of hydrogen-bond acceptors (Lipinski definition) is 4. The van der Waals surface area contributed by atoms with Crippen molar-refractivity contribution in [1.29, 1.82) is 0 Å². The van der Waals surface area contributed by atoms with E-state index >= 15 is 0 Å². The van der Waals surface area contributed by atoms with E-state index in [1.54, 1.807) is 10.6 Å². The lowest BCUT2D eigenvalue weighted by atomic mass is 10.2. The Hall–Kier alpha value is -2.01. The molecule has 5 heteroatoms. The van der Waals surface area contributed by atoms with Crippen molar-refractivity contribution < 1.29 is 0 Å². The topological polar surface area (TPSA) is 52.0 Å². The Morgan fingerprint density at radius 2 is 1.95 bits per heavy atom. The van der Waals surface area contributed by atoms with Crippen molar-refractivity contribution in [1.82, 2.24) is 9.55 Å². The van der Waals surface area contributed by atoms with E-state index in [4.69, 9.17) is 0 Å². The second-order valence-corrected chi connectivity index (χ2v) is 6.72. The molecule has 0 spiro atoms. The minimum absolute atomic E-state index is 0.137. The molecule has 0 fully saturated rings. The molecule has 22 heavy (non-hydrogen) atoms. The molecule has 3 aromatic rings. The molecule has 114 valence electrons. The zero-order chi connectivity index (χ0) is 15.9. The third kappa shape index (κ3) is 2.25. The molecule has 0 amide bonds. The largest absolute Gasteiger partial charge is 0.296 e. The Morgan fingerprint density at radius 1 is 1.23 bits per heavy atom. The quantitative estimate of drug-likeness (QED) is 0.695. The SMILES string of the molecule is CCCn1c(C(C)C)nc2sc3ccccc3c(=O)c2c1=O. The van der Waals surface area contributed by atoms with E-state index in [0.717, 1.165) is 16.9 Å². The molecule has 0 saturated carbocycles. The van der Waals surface area contributed by atoms with E-state index in [1.807, 2.05) is 39.0 Å². The first kappa shape index (κ1) is 14.9. The van der Waals surface area contributed by atoms with Crippen LogP contribution in [0.15, 0.2) is 33.9 Å². The molecule has 2 heterocycles. The van der Waals surface area contributed by atoms with Gasteiger partial charge in [-0.3, -0.25) is 14.2 Å². The number of nitrogens with zero attached hydrogens (tertiary/aromatic N) is 2. The van der Waals surface area contributed by atoms with Gasteiger partial charge < -0.3 is 0 Å². The predicted octanol–water partition coefficient (Wildman–Crippen LogP) is 3.50. The Morgan fingerprint density at radius 3 is 2.64 bits per heavy atom. The monoisotopic (exact) mass is 314 g/mol. The second-order valence-electron chi connectivity index (χ2n) is 5.69. The van der Waals surface area contributed by atoms with Crippen molar-refractivity contribution in [2.24, 2.45) is 0 Å². The van der Waals surface area contributed by atoms with E-state index < -0.39 is 0 Å². The molecular formula is C17H18N2O2S. The summed E-state index contributed by atoms with van der Waals surface area (Å²) in [6.45, 7) is 6.64. The van der Waals surface area contributed by atoms with Crippen LogP contribution >= 0.6 is 11.3 Å². The van der Waals surface area contributed by atoms with Crippen LogP contribution in [0.4, 0.5) is 0 Å². The second kappa shape index (κ2) is 5.65. The molecule has 0 saturated heterocycles. The van der Waals surface area contributed by atoms with Crippen molar-refractivity contribution in [2.45, 2.75) is 39.7 Å². The standard InChI is InChI=1S/C17H18N2O2S/c1-4-9-19-15(10(2)3)18-16-13(17(19)21)14(20)11-7-5-6-8-12(11)22-16/h5-8,10H,4,9H2,1-3H3.